The molecule has 1 saturated carbocycles. The van der Waals surface area contributed by atoms with Gasteiger partial charge in [-0.3, -0.25) is 14.7 Å². The fourth-order valence-corrected chi connectivity index (χ4v) is 5.94. The number of carbonyl (C=O) groups is 1. The van der Waals surface area contributed by atoms with Gasteiger partial charge in [0.05, 0.1) is 29.7 Å². The smallest absolute Gasteiger partial charge is 0.401 e. The maximum absolute atomic E-state index is 13.2. The third kappa shape index (κ3) is 4.84. The van der Waals surface area contributed by atoms with Crippen LogP contribution in [0.5, 0.6) is 5.75 Å². The van der Waals surface area contributed by atoms with Gasteiger partial charge in [-0.2, -0.15) is 13.2 Å². The van der Waals surface area contributed by atoms with Gasteiger partial charge < -0.3 is 20.4 Å². The van der Waals surface area contributed by atoms with E-state index in [-0.39, 0.29) is 24.0 Å². The molecule has 206 valence electrons. The Morgan fingerprint density at radius 1 is 1.28 bits per heavy atom. The van der Waals surface area contributed by atoms with Crippen LogP contribution < -0.4 is 15.4 Å². The van der Waals surface area contributed by atoms with Gasteiger partial charge >= 0.3 is 6.18 Å². The summed E-state index contributed by atoms with van der Waals surface area (Å²) in [4.78, 5) is 22.4. The summed E-state index contributed by atoms with van der Waals surface area (Å²) in [6, 6.07) is 7.09. The number of fused-ring (bicyclic) bond motifs is 2. The number of halogens is 4. The number of benzene rings is 1. The first-order chi connectivity index (χ1) is 18.7. The second kappa shape index (κ2) is 9.75. The number of rotatable bonds is 8. The van der Waals surface area contributed by atoms with Crippen molar-refractivity contribution in [3.8, 4) is 17.0 Å². The third-order valence-corrected chi connectivity index (χ3v) is 8.42. The average molecular weight is 560 g/mol. The quantitative estimate of drug-likeness (QED) is 0.324. The maximum Gasteiger partial charge on any atom is 0.401 e. The number of H-pyrrole nitrogens is 1. The first-order valence-corrected chi connectivity index (χ1v) is 13.5. The van der Waals surface area contributed by atoms with Crippen LogP contribution in [0.15, 0.2) is 36.7 Å². The van der Waals surface area contributed by atoms with Gasteiger partial charge in [-0.15, -0.1) is 0 Å². The molecule has 1 aliphatic carbocycles. The molecular formula is C28H29ClF3N5O2. The molecule has 4 heterocycles. The molecular weight excluding hydrogens is 531 g/mol. The van der Waals surface area contributed by atoms with Crippen LogP contribution in [-0.4, -0.2) is 59.2 Å². The molecule has 11 heteroatoms. The molecule has 6 rings (SSSR count). The van der Waals surface area contributed by atoms with Crippen molar-refractivity contribution in [1.82, 2.24) is 20.2 Å². The standard InChI is InChI=1S/C28H29ClF3N5O2/c1-2-17-19(29)4-3-5-20(17)35-24-22-25(27(8-9-27)14-34-26(22)38)36-23(24)18-6-10-33-12-21(18)39-13-16-7-11-37(16)15-28(30,31)32/h3-6,10,12,16,35-36H,2,7-9,11,13-15H2,1H3,(H,34,38)/t16-/m1/s1. The zero-order chi connectivity index (χ0) is 27.4. The zero-order valence-corrected chi connectivity index (χ0v) is 22.2. The summed E-state index contributed by atoms with van der Waals surface area (Å²) in [5.74, 6) is 0.270. The predicted octanol–water partition coefficient (Wildman–Crippen LogP) is 5.83. The number of carbonyl (C=O) groups excluding carboxylic acids is 1. The van der Waals surface area contributed by atoms with E-state index in [4.69, 9.17) is 16.3 Å². The molecule has 0 bridgehead atoms. The van der Waals surface area contributed by atoms with Crippen LogP contribution in [0, 0.1) is 0 Å². The topological polar surface area (TPSA) is 82.3 Å². The molecule has 1 spiro atoms. The fourth-order valence-electron chi connectivity index (χ4n) is 5.63. The Labute approximate surface area is 229 Å². The van der Waals surface area contributed by atoms with Crippen LogP contribution in [-0.2, 0) is 11.8 Å². The number of hydrogen-bond donors (Lipinski definition) is 3. The number of amides is 1. The van der Waals surface area contributed by atoms with E-state index in [0.717, 1.165) is 29.8 Å². The summed E-state index contributed by atoms with van der Waals surface area (Å²) < 4.78 is 44.9. The molecule has 2 aromatic heterocycles. The maximum atomic E-state index is 13.2. The van der Waals surface area contributed by atoms with E-state index in [1.165, 1.54) is 4.90 Å². The van der Waals surface area contributed by atoms with Crippen LogP contribution in [0.3, 0.4) is 0 Å². The highest BCUT2D eigenvalue weighted by Crippen LogP contribution is 2.54. The molecule has 1 saturated heterocycles. The second-order valence-electron chi connectivity index (χ2n) is 10.5. The van der Waals surface area contributed by atoms with Crippen molar-refractivity contribution in [2.45, 2.75) is 50.2 Å². The number of alkyl halides is 3. The number of ether oxygens (including phenoxy) is 1. The number of pyridine rings is 1. The molecule has 39 heavy (non-hydrogen) atoms. The van der Waals surface area contributed by atoms with E-state index in [9.17, 15) is 18.0 Å². The van der Waals surface area contributed by atoms with Crippen molar-refractivity contribution in [3.05, 3.63) is 58.5 Å². The number of hydrogen-bond acceptors (Lipinski definition) is 5. The first-order valence-electron chi connectivity index (χ1n) is 13.2. The number of anilines is 2. The molecule has 1 atom stereocenters. The van der Waals surface area contributed by atoms with Gasteiger partial charge in [0.15, 0.2) is 0 Å². The third-order valence-electron chi connectivity index (χ3n) is 8.06. The number of likely N-dealkylation sites (tertiary alicyclic amines) is 1. The lowest BCUT2D eigenvalue weighted by Gasteiger charge is -2.40. The minimum atomic E-state index is -4.25. The molecule has 2 aliphatic heterocycles. The van der Waals surface area contributed by atoms with E-state index >= 15 is 0 Å². The van der Waals surface area contributed by atoms with E-state index in [1.807, 2.05) is 25.1 Å². The van der Waals surface area contributed by atoms with Crippen molar-refractivity contribution in [3.63, 3.8) is 0 Å². The minimum absolute atomic E-state index is 0.108. The highest BCUT2D eigenvalue weighted by Gasteiger charge is 2.52. The van der Waals surface area contributed by atoms with E-state index in [1.54, 1.807) is 18.5 Å². The Balaban J connectivity index is 1.38. The van der Waals surface area contributed by atoms with Crippen LogP contribution in [0.25, 0.3) is 11.3 Å². The van der Waals surface area contributed by atoms with Crippen LogP contribution >= 0.6 is 11.6 Å². The summed E-state index contributed by atoms with van der Waals surface area (Å²) in [6.45, 7) is 2.14. The largest absolute Gasteiger partial charge is 0.490 e. The first kappa shape index (κ1) is 26.0. The van der Waals surface area contributed by atoms with Gasteiger partial charge in [-0.25, -0.2) is 0 Å². The monoisotopic (exact) mass is 559 g/mol. The van der Waals surface area contributed by atoms with E-state index < -0.39 is 12.7 Å². The Hall–Kier alpha value is -3.24. The van der Waals surface area contributed by atoms with Crippen LogP contribution in [0.1, 0.15) is 47.8 Å². The summed E-state index contributed by atoms with van der Waals surface area (Å²) in [5.41, 5.74) is 5.01. The second-order valence-corrected chi connectivity index (χ2v) is 11.0. The van der Waals surface area contributed by atoms with Crippen molar-refractivity contribution in [2.75, 3.05) is 31.6 Å². The lowest BCUT2D eigenvalue weighted by molar-refractivity contribution is -0.163. The predicted molar refractivity (Wildman–Crippen MR) is 143 cm³/mol. The summed E-state index contributed by atoms with van der Waals surface area (Å²) in [6.07, 6.45) is 2.20. The fraction of sp³-hybridized carbons (Fsp3) is 0.429. The van der Waals surface area contributed by atoms with Gasteiger partial charge in [0, 0.05) is 52.7 Å². The van der Waals surface area contributed by atoms with E-state index in [0.29, 0.717) is 59.2 Å². The number of nitrogens with zero attached hydrogens (tertiary/aromatic N) is 2. The number of aromatic amines is 1. The molecule has 3 aliphatic rings. The molecule has 3 aromatic rings. The number of nitrogens with one attached hydrogen (secondary N) is 3. The van der Waals surface area contributed by atoms with Gasteiger partial charge in [0.1, 0.15) is 12.4 Å². The number of aromatic nitrogens is 2. The van der Waals surface area contributed by atoms with Gasteiger partial charge in [-0.1, -0.05) is 24.6 Å². The van der Waals surface area contributed by atoms with Crippen molar-refractivity contribution in [1.29, 1.82) is 0 Å². The Bertz CT molecular complexity index is 1420. The Morgan fingerprint density at radius 2 is 2.10 bits per heavy atom. The normalized spacial score (nSPS) is 19.8. The van der Waals surface area contributed by atoms with Crippen molar-refractivity contribution in [2.24, 2.45) is 0 Å². The zero-order valence-electron chi connectivity index (χ0n) is 21.4. The summed E-state index contributed by atoms with van der Waals surface area (Å²) in [5, 5.41) is 7.18. The summed E-state index contributed by atoms with van der Waals surface area (Å²) in [7, 11) is 0. The Kier molecular flexibility index (Phi) is 6.50. The molecule has 0 unspecified atom stereocenters. The lowest BCUT2D eigenvalue weighted by Crippen LogP contribution is -2.54. The minimum Gasteiger partial charge on any atom is -0.490 e. The molecule has 1 aromatic carbocycles. The molecule has 0 radical (unpaired) electrons. The van der Waals surface area contributed by atoms with Crippen LogP contribution in [0.4, 0.5) is 24.5 Å². The molecule has 7 nitrogen and oxygen atoms in total. The highest BCUT2D eigenvalue weighted by atomic mass is 35.5. The Morgan fingerprint density at radius 3 is 2.79 bits per heavy atom. The van der Waals surface area contributed by atoms with Gasteiger partial charge in [0.25, 0.3) is 5.91 Å². The van der Waals surface area contributed by atoms with Crippen LogP contribution in [0.2, 0.25) is 5.02 Å². The molecule has 1 amide bonds. The molecule has 2 fully saturated rings. The van der Waals surface area contributed by atoms with Crippen molar-refractivity contribution < 1.29 is 22.7 Å². The van der Waals surface area contributed by atoms with Gasteiger partial charge in [0.2, 0.25) is 0 Å². The van der Waals surface area contributed by atoms with Crippen molar-refractivity contribution >= 4 is 28.9 Å². The average Bonchev–Trinajstić information content (AvgIpc) is 3.57. The van der Waals surface area contributed by atoms with E-state index in [2.05, 4.69) is 20.6 Å². The lowest BCUT2D eigenvalue weighted by atomic mass is 9.93. The van der Waals surface area contributed by atoms with Gasteiger partial charge in [-0.05, 0) is 49.4 Å². The SMILES string of the molecule is CCc1c(Cl)cccc1Nc1c(-c2ccncc2OC[C@H]2CCN2CC(F)(F)F)[nH]c2c1C(=O)NCC21CC1. The molecule has 3 N–H and O–H groups in total. The summed E-state index contributed by atoms with van der Waals surface area (Å²) >= 11 is 6.49. The highest BCUT2D eigenvalue weighted by molar-refractivity contribution is 6.31.